The van der Waals surface area contributed by atoms with Crippen LogP contribution in [0.15, 0.2) is 34.9 Å². The highest BCUT2D eigenvalue weighted by Crippen LogP contribution is 2.27. The van der Waals surface area contributed by atoms with Crippen molar-refractivity contribution in [3.05, 3.63) is 42.0 Å². The van der Waals surface area contributed by atoms with Gasteiger partial charge in [0.15, 0.2) is 0 Å². The van der Waals surface area contributed by atoms with Gasteiger partial charge in [0.1, 0.15) is 17.5 Å². The number of aliphatic carboxylic acids is 1. The first-order chi connectivity index (χ1) is 8.43. The van der Waals surface area contributed by atoms with Crippen molar-refractivity contribution in [2.75, 3.05) is 0 Å². The normalized spacial score (nSPS) is 11.5. The average Bonchev–Trinajstić information content (AvgIpc) is 2.79. The van der Waals surface area contributed by atoms with Gasteiger partial charge in [-0.1, -0.05) is 12.1 Å². The summed E-state index contributed by atoms with van der Waals surface area (Å²) in [6.45, 7) is 3.02. The van der Waals surface area contributed by atoms with Gasteiger partial charge in [-0.15, -0.1) is 0 Å². The van der Waals surface area contributed by atoms with Crippen molar-refractivity contribution in [2.24, 2.45) is 0 Å². The van der Waals surface area contributed by atoms with Gasteiger partial charge in [0.25, 0.3) is 0 Å². The minimum Gasteiger partial charge on any atom is -0.481 e. The van der Waals surface area contributed by atoms with Gasteiger partial charge in [-0.05, 0) is 26.0 Å². The lowest BCUT2D eigenvalue weighted by atomic mass is 9.90. The van der Waals surface area contributed by atoms with E-state index < -0.39 is 17.2 Å². The van der Waals surface area contributed by atoms with E-state index in [1.165, 1.54) is 32.2 Å². The van der Waals surface area contributed by atoms with E-state index in [-0.39, 0.29) is 17.1 Å². The molecule has 0 aliphatic heterocycles. The molecule has 1 heterocycles. The van der Waals surface area contributed by atoms with Gasteiger partial charge in [-0.3, -0.25) is 4.79 Å². The van der Waals surface area contributed by atoms with Crippen LogP contribution in [0.4, 0.5) is 4.39 Å². The summed E-state index contributed by atoms with van der Waals surface area (Å²) >= 11 is 0. The van der Waals surface area contributed by atoms with Crippen molar-refractivity contribution in [3.63, 3.8) is 0 Å². The Morgan fingerprint density at radius 1 is 1.39 bits per heavy atom. The summed E-state index contributed by atoms with van der Waals surface area (Å²) in [4.78, 5) is 15.1. The largest absolute Gasteiger partial charge is 0.481 e. The number of rotatable bonds is 3. The molecule has 1 aromatic carbocycles. The van der Waals surface area contributed by atoms with E-state index in [2.05, 4.69) is 4.98 Å². The van der Waals surface area contributed by atoms with Crippen LogP contribution in [-0.4, -0.2) is 16.1 Å². The maximum absolute atomic E-state index is 13.5. The lowest BCUT2D eigenvalue weighted by Crippen LogP contribution is -2.28. The van der Waals surface area contributed by atoms with E-state index >= 15 is 0 Å². The van der Waals surface area contributed by atoms with Crippen molar-refractivity contribution in [1.82, 2.24) is 4.98 Å². The molecular weight excluding hydrogens is 237 g/mol. The Kier molecular flexibility index (Phi) is 2.90. The molecule has 94 valence electrons. The molecule has 18 heavy (non-hydrogen) atoms. The van der Waals surface area contributed by atoms with Crippen molar-refractivity contribution >= 4 is 5.97 Å². The number of carboxylic acid groups (broad SMARTS) is 1. The topological polar surface area (TPSA) is 63.3 Å². The van der Waals surface area contributed by atoms with E-state index in [1.807, 2.05) is 0 Å². The second-order valence-electron chi connectivity index (χ2n) is 4.45. The molecular formula is C13H12FNO3. The van der Waals surface area contributed by atoms with Crippen molar-refractivity contribution in [3.8, 4) is 11.5 Å². The first kappa shape index (κ1) is 12.3. The number of nitrogens with zero attached hydrogens (tertiary/aromatic N) is 1. The first-order valence-electron chi connectivity index (χ1n) is 5.37. The Hall–Kier alpha value is -2.17. The number of benzene rings is 1. The van der Waals surface area contributed by atoms with E-state index in [4.69, 9.17) is 9.52 Å². The summed E-state index contributed by atoms with van der Waals surface area (Å²) < 4.78 is 18.7. The van der Waals surface area contributed by atoms with Gasteiger partial charge in [0.05, 0.1) is 11.3 Å². The highest BCUT2D eigenvalue weighted by atomic mass is 19.1. The lowest BCUT2D eigenvalue weighted by Gasteiger charge is -2.14. The molecule has 0 bridgehead atoms. The van der Waals surface area contributed by atoms with Crippen molar-refractivity contribution in [1.29, 1.82) is 0 Å². The number of hydrogen-bond donors (Lipinski definition) is 1. The monoisotopic (exact) mass is 249 g/mol. The lowest BCUT2D eigenvalue weighted by molar-refractivity contribution is -0.142. The van der Waals surface area contributed by atoms with Crippen LogP contribution in [0.2, 0.25) is 0 Å². The molecule has 4 nitrogen and oxygen atoms in total. The maximum Gasteiger partial charge on any atom is 0.315 e. The fourth-order valence-corrected chi connectivity index (χ4v) is 1.43. The summed E-state index contributed by atoms with van der Waals surface area (Å²) in [6.07, 6.45) is 1.25. The number of hydrogen-bond acceptors (Lipinski definition) is 3. The van der Waals surface area contributed by atoms with Crippen LogP contribution in [0.25, 0.3) is 11.5 Å². The Balaban J connectivity index is 2.44. The fraction of sp³-hybridized carbons (Fsp3) is 0.231. The highest BCUT2D eigenvalue weighted by molar-refractivity contribution is 5.79. The number of halogens is 1. The number of oxazole rings is 1. The summed E-state index contributed by atoms with van der Waals surface area (Å²) in [6, 6.07) is 6.04. The zero-order chi connectivity index (χ0) is 13.3. The van der Waals surface area contributed by atoms with Gasteiger partial charge >= 0.3 is 5.97 Å². The Labute approximate surface area is 103 Å². The van der Waals surface area contributed by atoms with E-state index in [9.17, 15) is 9.18 Å². The molecule has 0 aliphatic carbocycles. The number of carboxylic acids is 1. The summed E-state index contributed by atoms with van der Waals surface area (Å²) in [5.74, 6) is -1.40. The number of aromatic nitrogens is 1. The van der Waals surface area contributed by atoms with Crippen LogP contribution in [0.5, 0.6) is 0 Å². The molecule has 0 saturated heterocycles. The molecule has 0 aliphatic rings. The third-order valence-electron chi connectivity index (χ3n) is 2.78. The summed E-state index contributed by atoms with van der Waals surface area (Å²) in [5, 5.41) is 9.07. The maximum atomic E-state index is 13.5. The zero-order valence-electron chi connectivity index (χ0n) is 9.98. The second kappa shape index (κ2) is 4.25. The molecule has 0 saturated carbocycles. The molecule has 2 rings (SSSR count). The summed E-state index contributed by atoms with van der Waals surface area (Å²) in [7, 11) is 0. The van der Waals surface area contributed by atoms with Crippen LogP contribution in [0.3, 0.4) is 0 Å². The van der Waals surface area contributed by atoms with E-state index in [0.717, 1.165) is 0 Å². The SMILES string of the molecule is CC(C)(C(=O)O)c1coc(-c2ccccc2F)n1. The van der Waals surface area contributed by atoms with Crippen molar-refractivity contribution < 1.29 is 18.7 Å². The first-order valence-corrected chi connectivity index (χ1v) is 5.37. The van der Waals surface area contributed by atoms with Crippen molar-refractivity contribution in [2.45, 2.75) is 19.3 Å². The van der Waals surface area contributed by atoms with Crippen LogP contribution >= 0.6 is 0 Å². The minimum absolute atomic E-state index is 0.0809. The smallest absolute Gasteiger partial charge is 0.315 e. The van der Waals surface area contributed by atoms with Gasteiger partial charge < -0.3 is 9.52 Å². The zero-order valence-corrected chi connectivity index (χ0v) is 9.98. The minimum atomic E-state index is -1.17. The average molecular weight is 249 g/mol. The molecule has 1 aromatic heterocycles. The molecule has 0 amide bonds. The van der Waals surface area contributed by atoms with Gasteiger partial charge in [0.2, 0.25) is 5.89 Å². The molecule has 1 N–H and O–H groups in total. The van der Waals surface area contributed by atoms with Crippen LogP contribution in [0, 0.1) is 5.82 Å². The molecule has 0 radical (unpaired) electrons. The van der Waals surface area contributed by atoms with Gasteiger partial charge in [-0.2, -0.15) is 0 Å². The van der Waals surface area contributed by atoms with E-state index in [0.29, 0.717) is 0 Å². The Bertz CT molecular complexity index is 589. The second-order valence-corrected chi connectivity index (χ2v) is 4.45. The molecule has 0 unspecified atom stereocenters. The third kappa shape index (κ3) is 1.99. The predicted octanol–water partition coefficient (Wildman–Crippen LogP) is 2.84. The summed E-state index contributed by atoms with van der Waals surface area (Å²) in [5.41, 5.74) is -0.703. The van der Waals surface area contributed by atoms with E-state index in [1.54, 1.807) is 12.1 Å². The molecule has 5 heteroatoms. The van der Waals surface area contributed by atoms with Gasteiger partial charge in [-0.25, -0.2) is 9.37 Å². The van der Waals surface area contributed by atoms with Crippen LogP contribution < -0.4 is 0 Å². The molecule has 0 spiro atoms. The van der Waals surface area contributed by atoms with Crippen LogP contribution in [-0.2, 0) is 10.2 Å². The molecule has 0 fully saturated rings. The molecule has 0 atom stereocenters. The predicted molar refractivity (Wildman–Crippen MR) is 62.6 cm³/mol. The highest BCUT2D eigenvalue weighted by Gasteiger charge is 2.33. The molecule has 2 aromatic rings. The van der Waals surface area contributed by atoms with Crippen LogP contribution in [0.1, 0.15) is 19.5 Å². The quantitative estimate of drug-likeness (QED) is 0.908. The standard InChI is InChI=1S/C13H12FNO3/c1-13(2,12(16)17)10-7-18-11(15-10)8-5-3-4-6-9(8)14/h3-7H,1-2H3,(H,16,17). The Morgan fingerprint density at radius 2 is 2.06 bits per heavy atom. The Morgan fingerprint density at radius 3 is 2.67 bits per heavy atom. The number of carbonyl (C=O) groups is 1. The fourth-order valence-electron chi connectivity index (χ4n) is 1.43. The van der Waals surface area contributed by atoms with Gasteiger partial charge in [0, 0.05) is 0 Å². The third-order valence-corrected chi connectivity index (χ3v) is 2.78.